The number of aryl methyl sites for hydroxylation is 1. The van der Waals surface area contributed by atoms with Crippen molar-refractivity contribution in [1.82, 2.24) is 39.7 Å². The second-order valence-corrected chi connectivity index (χ2v) is 8.97. The monoisotopic (exact) mass is 483 g/mol. The first-order chi connectivity index (χ1) is 17.1. The van der Waals surface area contributed by atoms with Gasteiger partial charge < -0.3 is 5.32 Å². The Balaban J connectivity index is 1.18. The summed E-state index contributed by atoms with van der Waals surface area (Å²) in [6, 6.07) is 14.1. The average Bonchev–Trinajstić information content (AvgIpc) is 3.57. The second kappa shape index (κ2) is 8.84. The van der Waals surface area contributed by atoms with Crippen LogP contribution in [0.4, 0.5) is 5.82 Å². The van der Waals surface area contributed by atoms with Crippen molar-refractivity contribution in [2.75, 3.05) is 5.32 Å². The van der Waals surface area contributed by atoms with E-state index in [1.807, 2.05) is 53.1 Å². The second-order valence-electron chi connectivity index (χ2n) is 8.54. The SMILES string of the molecule is Cc1cnn(Cc2ccc(Cn3cc4c(NCc5[nH]nc6ccc(Cl)cc56)ncnc4n3)cc2)c1. The van der Waals surface area contributed by atoms with E-state index in [2.05, 4.69) is 59.9 Å². The minimum atomic E-state index is 0.519. The average molecular weight is 484 g/mol. The van der Waals surface area contributed by atoms with E-state index in [0.717, 1.165) is 45.5 Å². The number of nitrogens with zero attached hydrogens (tertiary/aromatic N) is 7. The zero-order valence-corrected chi connectivity index (χ0v) is 19.7. The Kier molecular flexibility index (Phi) is 5.38. The first kappa shape index (κ1) is 21.3. The van der Waals surface area contributed by atoms with Crippen LogP contribution in [0, 0.1) is 6.92 Å². The number of rotatable bonds is 7. The van der Waals surface area contributed by atoms with E-state index in [4.69, 9.17) is 11.6 Å². The van der Waals surface area contributed by atoms with Gasteiger partial charge in [0.25, 0.3) is 0 Å². The van der Waals surface area contributed by atoms with E-state index in [-0.39, 0.29) is 0 Å². The van der Waals surface area contributed by atoms with Crippen LogP contribution in [0.1, 0.15) is 22.4 Å². The lowest BCUT2D eigenvalue weighted by molar-refractivity contribution is 0.681. The molecule has 0 aliphatic rings. The quantitative estimate of drug-likeness (QED) is 0.345. The lowest BCUT2D eigenvalue weighted by atomic mass is 10.1. The Morgan fingerprint density at radius 2 is 1.74 bits per heavy atom. The van der Waals surface area contributed by atoms with Gasteiger partial charge in [0.05, 0.1) is 42.4 Å². The summed E-state index contributed by atoms with van der Waals surface area (Å²) in [4.78, 5) is 8.78. The van der Waals surface area contributed by atoms with E-state index >= 15 is 0 Å². The molecule has 0 saturated heterocycles. The molecule has 174 valence electrons. The van der Waals surface area contributed by atoms with Gasteiger partial charge in [-0.25, -0.2) is 9.97 Å². The van der Waals surface area contributed by atoms with Gasteiger partial charge in [0.15, 0.2) is 5.65 Å². The van der Waals surface area contributed by atoms with Gasteiger partial charge in [0.1, 0.15) is 12.1 Å². The third-order valence-corrected chi connectivity index (χ3v) is 6.10. The van der Waals surface area contributed by atoms with Crippen LogP contribution in [0.2, 0.25) is 5.02 Å². The molecule has 35 heavy (non-hydrogen) atoms. The molecule has 0 atom stereocenters. The fourth-order valence-electron chi connectivity index (χ4n) is 4.13. The fraction of sp³-hybridized carbons (Fsp3) is 0.160. The molecule has 0 aliphatic heterocycles. The maximum absolute atomic E-state index is 6.16. The molecule has 6 rings (SSSR count). The number of nitrogens with one attached hydrogen (secondary N) is 2. The highest BCUT2D eigenvalue weighted by Crippen LogP contribution is 2.23. The molecule has 0 spiro atoms. The molecule has 0 aliphatic carbocycles. The number of aromatic nitrogens is 8. The Labute approximate surface area is 205 Å². The van der Waals surface area contributed by atoms with Crippen LogP contribution in [0.3, 0.4) is 0 Å². The molecule has 6 aromatic rings. The fourth-order valence-corrected chi connectivity index (χ4v) is 4.30. The van der Waals surface area contributed by atoms with Gasteiger partial charge in [0.2, 0.25) is 0 Å². The van der Waals surface area contributed by atoms with Gasteiger partial charge in [-0.3, -0.25) is 14.5 Å². The topological polar surface area (TPSA) is 102 Å². The van der Waals surface area contributed by atoms with Crippen molar-refractivity contribution in [2.24, 2.45) is 0 Å². The maximum Gasteiger partial charge on any atom is 0.186 e. The van der Waals surface area contributed by atoms with Crippen molar-refractivity contribution in [1.29, 1.82) is 0 Å². The molecular weight excluding hydrogens is 462 g/mol. The molecule has 10 heteroatoms. The van der Waals surface area contributed by atoms with Gasteiger partial charge in [-0.1, -0.05) is 35.9 Å². The smallest absolute Gasteiger partial charge is 0.186 e. The number of aromatic amines is 1. The number of fused-ring (bicyclic) bond motifs is 2. The van der Waals surface area contributed by atoms with Gasteiger partial charge in [-0.15, -0.1) is 0 Å². The molecule has 9 nitrogen and oxygen atoms in total. The minimum absolute atomic E-state index is 0.519. The summed E-state index contributed by atoms with van der Waals surface area (Å²) < 4.78 is 3.83. The Hall–Kier alpha value is -4.24. The summed E-state index contributed by atoms with van der Waals surface area (Å²) >= 11 is 6.16. The van der Waals surface area contributed by atoms with Gasteiger partial charge in [0, 0.05) is 22.8 Å². The van der Waals surface area contributed by atoms with Gasteiger partial charge in [-0.2, -0.15) is 15.3 Å². The van der Waals surface area contributed by atoms with Crippen molar-refractivity contribution in [3.05, 3.63) is 94.8 Å². The van der Waals surface area contributed by atoms with Crippen LogP contribution in [-0.2, 0) is 19.6 Å². The van der Waals surface area contributed by atoms with Crippen molar-refractivity contribution in [3.8, 4) is 0 Å². The molecule has 4 aromatic heterocycles. The van der Waals surface area contributed by atoms with E-state index in [1.165, 1.54) is 11.9 Å². The lowest BCUT2D eigenvalue weighted by Crippen LogP contribution is -2.03. The molecule has 4 heterocycles. The number of anilines is 1. The Morgan fingerprint density at radius 3 is 2.51 bits per heavy atom. The summed E-state index contributed by atoms with van der Waals surface area (Å²) in [6.45, 7) is 3.95. The molecule has 0 fully saturated rings. The molecule has 2 aromatic carbocycles. The first-order valence-electron chi connectivity index (χ1n) is 11.2. The summed E-state index contributed by atoms with van der Waals surface area (Å²) in [6.07, 6.45) is 7.41. The molecule has 0 amide bonds. The largest absolute Gasteiger partial charge is 0.364 e. The van der Waals surface area contributed by atoms with Crippen LogP contribution >= 0.6 is 11.6 Å². The third kappa shape index (κ3) is 4.45. The van der Waals surface area contributed by atoms with Crippen molar-refractivity contribution >= 4 is 39.4 Å². The number of hydrogen-bond donors (Lipinski definition) is 2. The van der Waals surface area contributed by atoms with Crippen molar-refractivity contribution < 1.29 is 0 Å². The number of H-pyrrole nitrogens is 1. The summed E-state index contributed by atoms with van der Waals surface area (Å²) in [5.74, 6) is 0.718. The normalized spacial score (nSPS) is 11.5. The first-order valence-corrected chi connectivity index (χ1v) is 11.6. The van der Waals surface area contributed by atoms with Crippen LogP contribution in [0.25, 0.3) is 21.9 Å². The molecule has 0 saturated carbocycles. The predicted molar refractivity (Wildman–Crippen MR) is 135 cm³/mol. The van der Waals surface area contributed by atoms with Crippen LogP contribution in [0.15, 0.2) is 67.4 Å². The predicted octanol–water partition coefficient (Wildman–Crippen LogP) is 4.57. The van der Waals surface area contributed by atoms with Crippen LogP contribution in [-0.4, -0.2) is 39.7 Å². The summed E-state index contributed by atoms with van der Waals surface area (Å²) in [7, 11) is 0. The molecule has 2 N–H and O–H groups in total. The lowest BCUT2D eigenvalue weighted by Gasteiger charge is -2.05. The van der Waals surface area contributed by atoms with Crippen LogP contribution < -0.4 is 5.32 Å². The van der Waals surface area contributed by atoms with Crippen molar-refractivity contribution in [3.63, 3.8) is 0 Å². The molecule has 0 radical (unpaired) electrons. The van der Waals surface area contributed by atoms with Gasteiger partial charge >= 0.3 is 0 Å². The highest BCUT2D eigenvalue weighted by molar-refractivity contribution is 6.31. The summed E-state index contributed by atoms with van der Waals surface area (Å²) in [5, 5.41) is 22.3. The number of halogens is 1. The minimum Gasteiger partial charge on any atom is -0.364 e. The van der Waals surface area contributed by atoms with E-state index < -0.39 is 0 Å². The standard InChI is InChI=1S/C25H22ClN9/c1-16-9-30-34(11-16)12-17-2-4-18(5-3-17)13-35-14-21-24(28-15-29-25(21)33-35)27-10-23-20-8-19(26)6-7-22(20)31-32-23/h2-9,11,14-15H,10,12-13H2,1H3,(H,31,32)(H,27,28,29,33). The van der Waals surface area contributed by atoms with E-state index in [0.29, 0.717) is 23.8 Å². The third-order valence-electron chi connectivity index (χ3n) is 5.87. The van der Waals surface area contributed by atoms with E-state index in [1.54, 1.807) is 0 Å². The number of benzene rings is 2. The van der Waals surface area contributed by atoms with E-state index in [9.17, 15) is 0 Å². The Bertz CT molecular complexity index is 1630. The highest BCUT2D eigenvalue weighted by atomic mass is 35.5. The zero-order chi connectivity index (χ0) is 23.8. The molecule has 0 bridgehead atoms. The van der Waals surface area contributed by atoms with Crippen molar-refractivity contribution in [2.45, 2.75) is 26.6 Å². The molecule has 0 unspecified atom stereocenters. The van der Waals surface area contributed by atoms with Gasteiger partial charge in [-0.05, 0) is 41.8 Å². The number of hydrogen-bond acceptors (Lipinski definition) is 6. The zero-order valence-electron chi connectivity index (χ0n) is 19.0. The summed E-state index contributed by atoms with van der Waals surface area (Å²) in [5.41, 5.74) is 5.97. The Morgan fingerprint density at radius 1 is 0.943 bits per heavy atom. The maximum atomic E-state index is 6.16. The molecular formula is C25H22ClN9. The highest BCUT2D eigenvalue weighted by Gasteiger charge is 2.11. The van der Waals surface area contributed by atoms with Crippen LogP contribution in [0.5, 0.6) is 0 Å².